The molecule has 1 atom stereocenters. The Hall–Kier alpha value is -5.17. The second-order valence-electron chi connectivity index (χ2n) is 9.10. The van der Waals surface area contributed by atoms with E-state index in [1.54, 1.807) is 37.4 Å². The van der Waals surface area contributed by atoms with Crippen LogP contribution in [0.25, 0.3) is 11.1 Å². The number of aromatic nitrogens is 2. The standard InChI is InChI=1S/C29H22F2N6O2/c1-16(18-4-6-23(30)7-5-18)36-29(39)24-8-17(12-32)13-33-28(24)35-14-20-3-2-19(10-25(20)31)22-9-21-11-26(38)37-27(21)34-15-22/h2-10,13,15-16H,11,14H2,1H3,(H,33,35)(H,36,39)(H,34,37,38)/t16-/m0/s1. The van der Waals surface area contributed by atoms with Crippen LogP contribution in [-0.4, -0.2) is 21.8 Å². The van der Waals surface area contributed by atoms with Gasteiger partial charge >= 0.3 is 0 Å². The Bertz CT molecular complexity index is 1630. The van der Waals surface area contributed by atoms with Crippen molar-refractivity contribution in [2.75, 3.05) is 10.6 Å². The fourth-order valence-electron chi connectivity index (χ4n) is 4.26. The van der Waals surface area contributed by atoms with Gasteiger partial charge in [-0.2, -0.15) is 5.26 Å². The van der Waals surface area contributed by atoms with E-state index < -0.39 is 17.8 Å². The van der Waals surface area contributed by atoms with Gasteiger partial charge < -0.3 is 16.0 Å². The first-order valence-corrected chi connectivity index (χ1v) is 12.1. The topological polar surface area (TPSA) is 120 Å². The first kappa shape index (κ1) is 25.5. The largest absolute Gasteiger partial charge is 0.365 e. The number of nitrogens with zero attached hydrogens (tertiary/aromatic N) is 3. The number of fused-ring (bicyclic) bond motifs is 1. The smallest absolute Gasteiger partial charge is 0.255 e. The van der Waals surface area contributed by atoms with Crippen LogP contribution >= 0.6 is 0 Å². The van der Waals surface area contributed by atoms with E-state index in [4.69, 9.17) is 0 Å². The zero-order valence-electron chi connectivity index (χ0n) is 20.8. The summed E-state index contributed by atoms with van der Waals surface area (Å²) in [5.41, 5.74) is 3.40. The molecular formula is C29H22F2N6O2. The molecule has 10 heteroatoms. The van der Waals surface area contributed by atoms with Crippen molar-refractivity contribution < 1.29 is 18.4 Å². The van der Waals surface area contributed by atoms with Crippen molar-refractivity contribution in [2.24, 2.45) is 0 Å². The summed E-state index contributed by atoms with van der Waals surface area (Å²) in [7, 11) is 0. The molecule has 39 heavy (non-hydrogen) atoms. The van der Waals surface area contributed by atoms with Gasteiger partial charge in [-0.25, -0.2) is 18.7 Å². The molecule has 1 aliphatic rings. The average molecular weight is 525 g/mol. The fraction of sp³-hybridized carbons (Fsp3) is 0.138. The molecule has 0 fully saturated rings. The predicted octanol–water partition coefficient (Wildman–Crippen LogP) is 4.89. The van der Waals surface area contributed by atoms with Gasteiger partial charge in [-0.05, 0) is 48.4 Å². The Labute approximate surface area is 222 Å². The van der Waals surface area contributed by atoms with Gasteiger partial charge in [0.25, 0.3) is 5.91 Å². The van der Waals surface area contributed by atoms with Gasteiger partial charge in [0.15, 0.2) is 0 Å². The Kier molecular flexibility index (Phi) is 6.97. The quantitative estimate of drug-likeness (QED) is 0.317. The highest BCUT2D eigenvalue weighted by Gasteiger charge is 2.20. The Balaban J connectivity index is 1.32. The van der Waals surface area contributed by atoms with Crippen molar-refractivity contribution in [1.29, 1.82) is 5.26 Å². The number of anilines is 2. The Morgan fingerprint density at radius 2 is 1.87 bits per heavy atom. The van der Waals surface area contributed by atoms with Crippen molar-refractivity contribution in [3.8, 4) is 17.2 Å². The lowest BCUT2D eigenvalue weighted by molar-refractivity contribution is -0.115. The van der Waals surface area contributed by atoms with E-state index >= 15 is 4.39 Å². The first-order valence-electron chi connectivity index (χ1n) is 12.1. The number of hydrogen-bond acceptors (Lipinski definition) is 6. The fourth-order valence-corrected chi connectivity index (χ4v) is 4.26. The van der Waals surface area contributed by atoms with Gasteiger partial charge in [0.1, 0.15) is 29.3 Å². The minimum Gasteiger partial charge on any atom is -0.365 e. The summed E-state index contributed by atoms with van der Waals surface area (Å²) in [4.78, 5) is 33.1. The van der Waals surface area contributed by atoms with Gasteiger partial charge in [0, 0.05) is 35.6 Å². The molecule has 3 N–H and O–H groups in total. The second-order valence-corrected chi connectivity index (χ2v) is 9.10. The third-order valence-electron chi connectivity index (χ3n) is 6.39. The number of rotatable bonds is 7. The SMILES string of the molecule is C[C@H](NC(=O)c1cc(C#N)cnc1NCc1ccc(-c2cnc3c(c2)CC(=O)N3)cc1F)c1ccc(F)cc1. The Morgan fingerprint density at radius 3 is 2.62 bits per heavy atom. The van der Waals surface area contributed by atoms with Crippen LogP contribution in [0.1, 0.15) is 45.6 Å². The summed E-state index contributed by atoms with van der Waals surface area (Å²) in [5.74, 6) is -0.774. The molecule has 0 saturated heterocycles. The first-order chi connectivity index (χ1) is 18.8. The summed E-state index contributed by atoms with van der Waals surface area (Å²) in [6, 6.07) is 15.3. The molecular weight excluding hydrogens is 502 g/mol. The number of nitrogens with one attached hydrogen (secondary N) is 3. The monoisotopic (exact) mass is 524 g/mol. The molecule has 0 bridgehead atoms. The van der Waals surface area contributed by atoms with Crippen molar-refractivity contribution in [2.45, 2.75) is 25.9 Å². The maximum atomic E-state index is 15.0. The van der Waals surface area contributed by atoms with Crippen LogP contribution in [-0.2, 0) is 17.8 Å². The summed E-state index contributed by atoms with van der Waals surface area (Å²) >= 11 is 0. The zero-order valence-corrected chi connectivity index (χ0v) is 20.8. The number of nitriles is 1. The van der Waals surface area contributed by atoms with Crippen molar-refractivity contribution in [1.82, 2.24) is 15.3 Å². The number of benzene rings is 2. The van der Waals surface area contributed by atoms with Crippen LogP contribution in [0.4, 0.5) is 20.4 Å². The van der Waals surface area contributed by atoms with E-state index in [0.717, 1.165) is 5.56 Å². The molecule has 0 saturated carbocycles. The molecule has 2 aromatic carbocycles. The number of hydrogen-bond donors (Lipinski definition) is 3. The average Bonchev–Trinajstić information content (AvgIpc) is 3.31. The van der Waals surface area contributed by atoms with Crippen molar-refractivity contribution >= 4 is 23.5 Å². The molecule has 8 nitrogen and oxygen atoms in total. The Morgan fingerprint density at radius 1 is 1.08 bits per heavy atom. The lowest BCUT2D eigenvalue weighted by Crippen LogP contribution is -2.28. The van der Waals surface area contributed by atoms with Gasteiger partial charge in [-0.3, -0.25) is 9.59 Å². The van der Waals surface area contributed by atoms with E-state index in [1.807, 2.05) is 12.1 Å². The van der Waals surface area contributed by atoms with Gasteiger partial charge in [-0.15, -0.1) is 0 Å². The third-order valence-corrected chi connectivity index (χ3v) is 6.39. The number of carbonyl (C=O) groups is 2. The highest BCUT2D eigenvalue weighted by Crippen LogP contribution is 2.28. The minimum absolute atomic E-state index is 0.0274. The van der Waals surface area contributed by atoms with Gasteiger partial charge in [0.05, 0.1) is 23.6 Å². The normalized spacial score (nSPS) is 12.7. The third kappa shape index (κ3) is 5.57. The molecule has 4 aromatic rings. The molecule has 0 unspecified atom stereocenters. The molecule has 2 aromatic heterocycles. The van der Waals surface area contributed by atoms with Crippen LogP contribution in [0.2, 0.25) is 0 Å². The zero-order chi connectivity index (χ0) is 27.5. The summed E-state index contributed by atoms with van der Waals surface area (Å²) in [6.07, 6.45) is 3.13. The molecule has 2 amide bonds. The highest BCUT2D eigenvalue weighted by atomic mass is 19.1. The van der Waals surface area contributed by atoms with E-state index in [-0.39, 0.29) is 41.6 Å². The van der Waals surface area contributed by atoms with Crippen LogP contribution < -0.4 is 16.0 Å². The van der Waals surface area contributed by atoms with Gasteiger partial charge in [-0.1, -0.05) is 24.3 Å². The number of halogens is 2. The van der Waals surface area contributed by atoms with Crippen molar-refractivity contribution in [3.63, 3.8) is 0 Å². The number of carbonyl (C=O) groups excluding carboxylic acids is 2. The summed E-state index contributed by atoms with van der Waals surface area (Å²) in [6.45, 7) is 1.78. The van der Waals surface area contributed by atoms with Crippen LogP contribution in [0.5, 0.6) is 0 Å². The maximum Gasteiger partial charge on any atom is 0.255 e. The predicted molar refractivity (Wildman–Crippen MR) is 141 cm³/mol. The van der Waals surface area contributed by atoms with Gasteiger partial charge in [0.2, 0.25) is 5.91 Å². The molecule has 5 rings (SSSR count). The summed E-state index contributed by atoms with van der Waals surface area (Å²) < 4.78 is 28.3. The minimum atomic E-state index is -0.494. The van der Waals surface area contributed by atoms with Crippen LogP contribution in [0, 0.1) is 23.0 Å². The molecule has 1 aliphatic heterocycles. The van der Waals surface area contributed by atoms with E-state index in [9.17, 15) is 19.2 Å². The van der Waals surface area contributed by atoms with Crippen LogP contribution in [0.15, 0.2) is 67.0 Å². The number of amides is 2. The molecule has 0 aliphatic carbocycles. The molecule has 0 radical (unpaired) electrons. The molecule has 3 heterocycles. The van der Waals surface area contributed by atoms with Crippen LogP contribution in [0.3, 0.4) is 0 Å². The van der Waals surface area contributed by atoms with E-state index in [0.29, 0.717) is 28.1 Å². The molecule has 0 spiro atoms. The maximum absolute atomic E-state index is 15.0. The molecule has 194 valence electrons. The highest BCUT2D eigenvalue weighted by molar-refractivity contribution is 5.99. The lowest BCUT2D eigenvalue weighted by Gasteiger charge is -2.17. The summed E-state index contributed by atoms with van der Waals surface area (Å²) in [5, 5.41) is 17.8. The van der Waals surface area contributed by atoms with E-state index in [1.165, 1.54) is 30.5 Å². The van der Waals surface area contributed by atoms with E-state index in [2.05, 4.69) is 25.9 Å². The lowest BCUT2D eigenvalue weighted by atomic mass is 10.0. The number of pyridine rings is 2. The van der Waals surface area contributed by atoms with Crippen molar-refractivity contribution in [3.05, 3.63) is 106 Å². The second kappa shape index (κ2) is 10.7.